The highest BCUT2D eigenvalue weighted by atomic mass is 16.5. The predicted octanol–water partition coefficient (Wildman–Crippen LogP) is 3.30. The zero-order valence-electron chi connectivity index (χ0n) is 19.0. The van der Waals surface area contributed by atoms with E-state index >= 15 is 0 Å². The summed E-state index contributed by atoms with van der Waals surface area (Å²) in [5, 5.41) is 14.4. The Morgan fingerprint density at radius 1 is 1.00 bits per heavy atom. The Morgan fingerprint density at radius 3 is 2.09 bits per heavy atom. The van der Waals surface area contributed by atoms with E-state index in [1.54, 1.807) is 6.92 Å². The van der Waals surface area contributed by atoms with Crippen molar-refractivity contribution in [2.75, 3.05) is 13.7 Å². The molecule has 33 heavy (non-hydrogen) atoms. The molecular formula is C25H30N2O6. The molecule has 1 aliphatic carbocycles. The number of benzene rings is 2. The van der Waals surface area contributed by atoms with E-state index in [0.29, 0.717) is 12.8 Å². The molecule has 8 nitrogen and oxygen atoms in total. The van der Waals surface area contributed by atoms with Gasteiger partial charge in [-0.25, -0.2) is 9.59 Å². The molecule has 0 saturated carbocycles. The fourth-order valence-electron chi connectivity index (χ4n) is 4.11. The van der Waals surface area contributed by atoms with Crippen molar-refractivity contribution >= 4 is 18.0 Å². The molecule has 0 heterocycles. The van der Waals surface area contributed by atoms with E-state index in [1.165, 1.54) is 7.11 Å². The van der Waals surface area contributed by atoms with Crippen molar-refractivity contribution in [3.8, 4) is 11.1 Å². The summed E-state index contributed by atoms with van der Waals surface area (Å²) in [4.78, 5) is 36.7. The lowest BCUT2D eigenvalue weighted by atomic mass is 9.98. The standard InChI is InChI=1S/C25H30N2O6/c1-4-9-21(23(28)27-22(24(29)30)15(2)32-3)26-25(31)33-14-20-18-12-7-5-10-16(18)17-11-6-8-13-19(17)20/h5-8,10-13,15,20-22H,4,9,14H2,1-3H3,(H,26,31)(H,27,28)(H,29,30)/t15?,21-,22?/m0/s1. The van der Waals surface area contributed by atoms with Gasteiger partial charge in [-0.05, 0) is 35.6 Å². The topological polar surface area (TPSA) is 114 Å². The van der Waals surface area contributed by atoms with E-state index in [1.807, 2.05) is 43.3 Å². The summed E-state index contributed by atoms with van der Waals surface area (Å²) in [6.45, 7) is 3.54. The first kappa shape index (κ1) is 24.3. The van der Waals surface area contributed by atoms with Gasteiger partial charge in [-0.3, -0.25) is 4.79 Å². The Hall–Kier alpha value is -3.39. The van der Waals surface area contributed by atoms with Crippen LogP contribution in [0.2, 0.25) is 0 Å². The number of hydrogen-bond acceptors (Lipinski definition) is 5. The number of carboxylic acid groups (broad SMARTS) is 1. The highest BCUT2D eigenvalue weighted by molar-refractivity contribution is 5.89. The minimum Gasteiger partial charge on any atom is -0.480 e. The van der Waals surface area contributed by atoms with Crippen LogP contribution in [0.4, 0.5) is 4.79 Å². The van der Waals surface area contributed by atoms with Crippen molar-refractivity contribution < 1.29 is 29.0 Å². The van der Waals surface area contributed by atoms with Crippen LogP contribution in [0.25, 0.3) is 11.1 Å². The Bertz CT molecular complexity index is 962. The molecule has 1 aliphatic rings. The minimum atomic E-state index is -1.23. The lowest BCUT2D eigenvalue weighted by molar-refractivity contribution is -0.145. The van der Waals surface area contributed by atoms with Crippen molar-refractivity contribution in [2.45, 2.75) is 50.8 Å². The van der Waals surface area contributed by atoms with Crippen molar-refractivity contribution in [2.24, 2.45) is 0 Å². The van der Waals surface area contributed by atoms with E-state index in [2.05, 4.69) is 22.8 Å². The molecule has 0 saturated heterocycles. The summed E-state index contributed by atoms with van der Waals surface area (Å²) in [7, 11) is 1.37. The molecule has 0 aromatic heterocycles. The number of carboxylic acids is 1. The third-order valence-electron chi connectivity index (χ3n) is 5.93. The number of fused-ring (bicyclic) bond motifs is 3. The number of rotatable bonds is 10. The van der Waals surface area contributed by atoms with Gasteiger partial charge >= 0.3 is 12.1 Å². The number of alkyl carbamates (subject to hydrolysis) is 1. The number of carbonyl (C=O) groups is 3. The maximum Gasteiger partial charge on any atom is 0.407 e. The van der Waals surface area contributed by atoms with Crippen LogP contribution >= 0.6 is 0 Å². The van der Waals surface area contributed by atoms with E-state index in [0.717, 1.165) is 22.3 Å². The van der Waals surface area contributed by atoms with Crippen LogP contribution in [0.1, 0.15) is 43.7 Å². The van der Waals surface area contributed by atoms with Gasteiger partial charge < -0.3 is 25.2 Å². The maximum absolute atomic E-state index is 12.7. The second kappa shape index (κ2) is 11.0. The van der Waals surface area contributed by atoms with Crippen LogP contribution in [0.3, 0.4) is 0 Å². The molecule has 0 fully saturated rings. The quantitative estimate of drug-likeness (QED) is 0.508. The Morgan fingerprint density at radius 2 is 1.58 bits per heavy atom. The molecule has 0 aliphatic heterocycles. The van der Waals surface area contributed by atoms with Gasteiger partial charge in [0.15, 0.2) is 6.04 Å². The Labute approximate surface area is 193 Å². The number of ether oxygens (including phenoxy) is 2. The van der Waals surface area contributed by atoms with E-state index in [9.17, 15) is 19.5 Å². The molecule has 2 aromatic rings. The summed E-state index contributed by atoms with van der Waals surface area (Å²) in [5.74, 6) is -1.91. The van der Waals surface area contributed by atoms with Crippen molar-refractivity contribution in [1.82, 2.24) is 10.6 Å². The number of amides is 2. The fourth-order valence-corrected chi connectivity index (χ4v) is 4.11. The summed E-state index contributed by atoms with van der Waals surface area (Å²) in [5.41, 5.74) is 4.43. The molecule has 3 N–H and O–H groups in total. The molecule has 3 rings (SSSR count). The zero-order valence-corrected chi connectivity index (χ0v) is 19.0. The molecule has 2 unspecified atom stereocenters. The highest BCUT2D eigenvalue weighted by Crippen LogP contribution is 2.44. The largest absolute Gasteiger partial charge is 0.480 e. The number of carbonyl (C=O) groups excluding carboxylic acids is 2. The number of nitrogens with one attached hydrogen (secondary N) is 2. The first-order valence-electron chi connectivity index (χ1n) is 11.0. The average molecular weight is 455 g/mol. The van der Waals surface area contributed by atoms with Crippen LogP contribution in [-0.2, 0) is 19.1 Å². The van der Waals surface area contributed by atoms with Crippen LogP contribution in [0, 0.1) is 0 Å². The average Bonchev–Trinajstić information content (AvgIpc) is 3.13. The van der Waals surface area contributed by atoms with Gasteiger partial charge in [-0.1, -0.05) is 61.9 Å². The van der Waals surface area contributed by atoms with E-state index in [4.69, 9.17) is 9.47 Å². The van der Waals surface area contributed by atoms with Crippen LogP contribution in [0.15, 0.2) is 48.5 Å². The van der Waals surface area contributed by atoms with Crippen molar-refractivity contribution in [3.05, 3.63) is 59.7 Å². The van der Waals surface area contributed by atoms with Gasteiger partial charge in [0, 0.05) is 13.0 Å². The fraction of sp³-hybridized carbons (Fsp3) is 0.400. The highest BCUT2D eigenvalue weighted by Gasteiger charge is 2.32. The predicted molar refractivity (Wildman–Crippen MR) is 123 cm³/mol. The second-order valence-electron chi connectivity index (χ2n) is 8.08. The van der Waals surface area contributed by atoms with Gasteiger partial charge in [-0.15, -0.1) is 0 Å². The minimum absolute atomic E-state index is 0.0967. The van der Waals surface area contributed by atoms with E-state index in [-0.39, 0.29) is 12.5 Å². The summed E-state index contributed by atoms with van der Waals surface area (Å²) < 4.78 is 10.6. The molecule has 176 valence electrons. The SMILES string of the molecule is CCC[C@H](NC(=O)OCC1c2ccccc2-c2ccccc21)C(=O)NC(C(=O)O)C(C)OC. The number of hydrogen-bond donors (Lipinski definition) is 3. The van der Waals surface area contributed by atoms with Gasteiger partial charge in [0.25, 0.3) is 0 Å². The molecule has 3 atom stereocenters. The molecule has 0 spiro atoms. The zero-order chi connectivity index (χ0) is 24.0. The lowest BCUT2D eigenvalue weighted by Crippen LogP contribution is -2.55. The van der Waals surface area contributed by atoms with Crippen molar-refractivity contribution in [1.29, 1.82) is 0 Å². The van der Waals surface area contributed by atoms with Gasteiger partial charge in [0.2, 0.25) is 5.91 Å². The number of methoxy groups -OCH3 is 1. The first-order chi connectivity index (χ1) is 15.9. The normalized spacial score (nSPS) is 15.0. The second-order valence-corrected chi connectivity index (χ2v) is 8.08. The molecule has 0 radical (unpaired) electrons. The van der Waals surface area contributed by atoms with Gasteiger partial charge in [0.05, 0.1) is 6.10 Å². The molecule has 2 aromatic carbocycles. The third-order valence-corrected chi connectivity index (χ3v) is 5.93. The van der Waals surface area contributed by atoms with E-state index < -0.39 is 36.2 Å². The smallest absolute Gasteiger partial charge is 0.407 e. The summed E-state index contributed by atoms with van der Waals surface area (Å²) >= 11 is 0. The maximum atomic E-state index is 12.7. The monoisotopic (exact) mass is 454 g/mol. The Kier molecular flexibility index (Phi) is 8.06. The van der Waals surface area contributed by atoms with Gasteiger partial charge in [0.1, 0.15) is 12.6 Å². The Balaban J connectivity index is 1.65. The third kappa shape index (κ3) is 5.51. The van der Waals surface area contributed by atoms with Gasteiger partial charge in [-0.2, -0.15) is 0 Å². The number of aliphatic carboxylic acids is 1. The summed E-state index contributed by atoms with van der Waals surface area (Å²) in [6, 6.07) is 13.9. The van der Waals surface area contributed by atoms with Crippen molar-refractivity contribution in [3.63, 3.8) is 0 Å². The molecule has 2 amide bonds. The first-order valence-corrected chi connectivity index (χ1v) is 11.0. The van der Waals surface area contributed by atoms with Crippen LogP contribution < -0.4 is 10.6 Å². The molecule has 0 bridgehead atoms. The molecule has 8 heteroatoms. The summed E-state index contributed by atoms with van der Waals surface area (Å²) in [6.07, 6.45) is -0.511. The lowest BCUT2D eigenvalue weighted by Gasteiger charge is -2.24. The van der Waals surface area contributed by atoms with Crippen LogP contribution in [0.5, 0.6) is 0 Å². The molecular weight excluding hydrogens is 424 g/mol. The van der Waals surface area contributed by atoms with Crippen LogP contribution in [-0.4, -0.2) is 55.0 Å².